The molecule has 1 aromatic carbocycles. The monoisotopic (exact) mass is 277 g/mol. The zero-order chi connectivity index (χ0) is 14.5. The molecular weight excluding hydrogens is 254 g/mol. The van der Waals surface area contributed by atoms with Crippen molar-refractivity contribution >= 4 is 17.1 Å². The summed E-state index contributed by atoms with van der Waals surface area (Å²) in [5, 5.41) is 17.7. The second-order valence-corrected chi connectivity index (χ2v) is 5.58. The summed E-state index contributed by atoms with van der Waals surface area (Å²) >= 11 is 0. The van der Waals surface area contributed by atoms with Crippen LogP contribution in [0.5, 0.6) is 0 Å². The third kappa shape index (κ3) is 3.62. The standard InChI is InChI=1S/C15H23N3O2/c1-3-9-16-13-5-4-6-14(15(13)18(19)20)17-10-11(2)12-7-8-12/h4-6,11-12,16-17H,3,7-10H2,1-2H3. The molecule has 1 aliphatic rings. The summed E-state index contributed by atoms with van der Waals surface area (Å²) in [4.78, 5) is 11.0. The Bertz CT molecular complexity index is 472. The highest BCUT2D eigenvalue weighted by Crippen LogP contribution is 2.38. The van der Waals surface area contributed by atoms with E-state index in [1.165, 1.54) is 12.8 Å². The van der Waals surface area contributed by atoms with Crippen molar-refractivity contribution in [3.8, 4) is 0 Å². The summed E-state index contributed by atoms with van der Waals surface area (Å²) in [6.07, 6.45) is 3.53. The number of benzene rings is 1. The lowest BCUT2D eigenvalue weighted by Crippen LogP contribution is -2.14. The Morgan fingerprint density at radius 3 is 2.55 bits per heavy atom. The summed E-state index contributed by atoms with van der Waals surface area (Å²) < 4.78 is 0. The highest BCUT2D eigenvalue weighted by atomic mass is 16.6. The first kappa shape index (κ1) is 14.6. The quantitative estimate of drug-likeness (QED) is 0.559. The number of hydrogen-bond acceptors (Lipinski definition) is 4. The van der Waals surface area contributed by atoms with E-state index in [-0.39, 0.29) is 10.6 Å². The fraction of sp³-hybridized carbons (Fsp3) is 0.600. The van der Waals surface area contributed by atoms with Gasteiger partial charge in [-0.05, 0) is 43.2 Å². The number of nitro groups is 1. The molecule has 0 radical (unpaired) electrons. The molecule has 1 saturated carbocycles. The summed E-state index contributed by atoms with van der Waals surface area (Å²) in [5.74, 6) is 1.37. The van der Waals surface area contributed by atoms with Crippen molar-refractivity contribution in [1.82, 2.24) is 0 Å². The van der Waals surface area contributed by atoms with Crippen LogP contribution in [0.15, 0.2) is 18.2 Å². The lowest BCUT2D eigenvalue weighted by Gasteiger charge is -2.14. The van der Waals surface area contributed by atoms with Gasteiger partial charge in [-0.2, -0.15) is 0 Å². The lowest BCUT2D eigenvalue weighted by molar-refractivity contribution is -0.383. The molecule has 0 spiro atoms. The summed E-state index contributed by atoms with van der Waals surface area (Å²) in [5.41, 5.74) is 1.37. The van der Waals surface area contributed by atoms with Gasteiger partial charge in [-0.15, -0.1) is 0 Å². The minimum absolute atomic E-state index is 0.156. The maximum Gasteiger partial charge on any atom is 0.315 e. The Hall–Kier alpha value is -1.78. The van der Waals surface area contributed by atoms with Crippen molar-refractivity contribution < 1.29 is 4.92 Å². The molecule has 0 aliphatic heterocycles. The van der Waals surface area contributed by atoms with Gasteiger partial charge in [-0.3, -0.25) is 10.1 Å². The van der Waals surface area contributed by atoms with Gasteiger partial charge in [0.1, 0.15) is 11.4 Å². The van der Waals surface area contributed by atoms with Gasteiger partial charge >= 0.3 is 5.69 Å². The number of nitrogens with zero attached hydrogens (tertiary/aromatic N) is 1. The number of rotatable bonds is 8. The minimum atomic E-state index is -0.303. The van der Waals surface area contributed by atoms with Gasteiger partial charge in [0.25, 0.3) is 0 Å². The Labute approximate surface area is 119 Å². The molecule has 1 atom stereocenters. The molecule has 5 nitrogen and oxygen atoms in total. The highest BCUT2D eigenvalue weighted by Gasteiger charge is 2.28. The van der Waals surface area contributed by atoms with Gasteiger partial charge in [0.2, 0.25) is 0 Å². The van der Waals surface area contributed by atoms with Crippen LogP contribution >= 0.6 is 0 Å². The van der Waals surface area contributed by atoms with Gasteiger partial charge in [-0.25, -0.2) is 0 Å². The zero-order valence-corrected chi connectivity index (χ0v) is 12.2. The first-order valence-electron chi connectivity index (χ1n) is 7.38. The minimum Gasteiger partial charge on any atom is -0.379 e. The number of hydrogen-bond donors (Lipinski definition) is 2. The highest BCUT2D eigenvalue weighted by molar-refractivity contribution is 5.76. The van der Waals surface area contributed by atoms with E-state index in [4.69, 9.17) is 0 Å². The number of anilines is 2. The van der Waals surface area contributed by atoms with E-state index in [1.807, 2.05) is 13.0 Å². The normalized spacial score (nSPS) is 15.7. The largest absolute Gasteiger partial charge is 0.379 e. The number of nitro benzene ring substituents is 1. The van der Waals surface area contributed by atoms with Crippen molar-refractivity contribution in [2.24, 2.45) is 11.8 Å². The van der Waals surface area contributed by atoms with Gasteiger partial charge in [-0.1, -0.05) is 19.9 Å². The van der Waals surface area contributed by atoms with Crippen LogP contribution in [0.25, 0.3) is 0 Å². The Balaban J connectivity index is 2.11. The van der Waals surface area contributed by atoms with Gasteiger partial charge in [0.15, 0.2) is 0 Å². The third-order valence-electron chi connectivity index (χ3n) is 3.83. The predicted octanol–water partition coefficient (Wildman–Crippen LogP) is 3.87. The van der Waals surface area contributed by atoms with Crippen LogP contribution in [0.2, 0.25) is 0 Å². The van der Waals surface area contributed by atoms with Crippen LogP contribution < -0.4 is 10.6 Å². The topological polar surface area (TPSA) is 67.2 Å². The van der Waals surface area contributed by atoms with E-state index in [2.05, 4.69) is 17.6 Å². The summed E-state index contributed by atoms with van der Waals surface area (Å²) in [7, 11) is 0. The molecule has 2 rings (SSSR count). The van der Waals surface area contributed by atoms with E-state index in [9.17, 15) is 10.1 Å². The summed E-state index contributed by atoms with van der Waals surface area (Å²) in [6, 6.07) is 5.41. The predicted molar refractivity (Wildman–Crippen MR) is 82.3 cm³/mol. The third-order valence-corrected chi connectivity index (χ3v) is 3.83. The van der Waals surface area contributed by atoms with Crippen molar-refractivity contribution in [3.05, 3.63) is 28.3 Å². The van der Waals surface area contributed by atoms with E-state index in [0.717, 1.165) is 25.4 Å². The van der Waals surface area contributed by atoms with Gasteiger partial charge in [0.05, 0.1) is 4.92 Å². The Morgan fingerprint density at radius 1 is 1.35 bits per heavy atom. The van der Waals surface area contributed by atoms with Crippen molar-refractivity contribution in [3.63, 3.8) is 0 Å². The molecule has 20 heavy (non-hydrogen) atoms. The molecule has 0 bridgehead atoms. The molecule has 2 N–H and O–H groups in total. The van der Waals surface area contributed by atoms with Crippen LogP contribution in [-0.2, 0) is 0 Å². The van der Waals surface area contributed by atoms with Crippen molar-refractivity contribution in [1.29, 1.82) is 0 Å². The molecule has 0 saturated heterocycles. The van der Waals surface area contributed by atoms with Crippen LogP contribution in [0, 0.1) is 22.0 Å². The fourth-order valence-corrected chi connectivity index (χ4v) is 2.39. The van der Waals surface area contributed by atoms with E-state index in [0.29, 0.717) is 17.3 Å². The molecule has 1 aromatic rings. The Kier molecular flexibility index (Phi) is 4.82. The second-order valence-electron chi connectivity index (χ2n) is 5.58. The maximum absolute atomic E-state index is 11.3. The average Bonchev–Trinajstić information content (AvgIpc) is 3.26. The SMILES string of the molecule is CCCNc1cccc(NCC(C)C2CC2)c1[N+](=O)[O-]. The lowest BCUT2D eigenvalue weighted by atomic mass is 10.1. The molecule has 110 valence electrons. The van der Waals surface area contributed by atoms with E-state index < -0.39 is 0 Å². The number of nitrogens with one attached hydrogen (secondary N) is 2. The van der Waals surface area contributed by atoms with Crippen molar-refractivity contribution in [2.45, 2.75) is 33.1 Å². The Morgan fingerprint density at radius 2 is 2.00 bits per heavy atom. The zero-order valence-electron chi connectivity index (χ0n) is 12.2. The smallest absolute Gasteiger partial charge is 0.315 e. The van der Waals surface area contributed by atoms with Crippen molar-refractivity contribution in [2.75, 3.05) is 23.7 Å². The molecular formula is C15H23N3O2. The molecule has 0 amide bonds. The van der Waals surface area contributed by atoms with Gasteiger partial charge < -0.3 is 10.6 Å². The van der Waals surface area contributed by atoms with Crippen LogP contribution in [0.4, 0.5) is 17.1 Å². The molecule has 1 unspecified atom stereocenters. The van der Waals surface area contributed by atoms with E-state index >= 15 is 0 Å². The maximum atomic E-state index is 11.3. The van der Waals surface area contributed by atoms with Crippen LogP contribution in [-0.4, -0.2) is 18.0 Å². The van der Waals surface area contributed by atoms with Gasteiger partial charge in [0, 0.05) is 13.1 Å². The molecule has 5 heteroatoms. The van der Waals surface area contributed by atoms with Crippen LogP contribution in [0.3, 0.4) is 0 Å². The molecule has 0 aromatic heterocycles. The second kappa shape index (κ2) is 6.59. The average molecular weight is 277 g/mol. The van der Waals surface area contributed by atoms with E-state index in [1.54, 1.807) is 12.1 Å². The fourth-order valence-electron chi connectivity index (χ4n) is 2.39. The first-order valence-corrected chi connectivity index (χ1v) is 7.38. The summed E-state index contributed by atoms with van der Waals surface area (Å²) in [6.45, 7) is 5.78. The number of para-hydroxylation sites is 1. The van der Waals surface area contributed by atoms with Crippen LogP contribution in [0.1, 0.15) is 33.1 Å². The first-order chi connectivity index (χ1) is 9.63. The molecule has 1 aliphatic carbocycles. The molecule has 0 heterocycles. The molecule has 1 fully saturated rings.